The Morgan fingerprint density at radius 2 is 1.74 bits per heavy atom. The van der Waals surface area contributed by atoms with Crippen molar-refractivity contribution in [3.05, 3.63) is 63.5 Å². The Hall–Kier alpha value is -2.91. The highest BCUT2D eigenvalue weighted by Gasteiger charge is 2.24. The van der Waals surface area contributed by atoms with Gasteiger partial charge in [0.2, 0.25) is 11.8 Å². The molecule has 1 aromatic heterocycles. The second-order valence-electron chi connectivity index (χ2n) is 7.63. The first kappa shape index (κ1) is 21.3. The van der Waals surface area contributed by atoms with Crippen LogP contribution in [0.2, 0.25) is 0 Å². The molecule has 0 unspecified atom stereocenters. The van der Waals surface area contributed by atoms with Crippen LogP contribution in [0.1, 0.15) is 18.9 Å². The number of para-hydroxylation sites is 3. The van der Waals surface area contributed by atoms with Gasteiger partial charge in [0.05, 0.1) is 29.8 Å². The number of amides is 2. The van der Waals surface area contributed by atoms with Gasteiger partial charge < -0.3 is 15.6 Å². The van der Waals surface area contributed by atoms with Crippen LogP contribution in [0, 0.1) is 0 Å². The lowest BCUT2D eigenvalue weighted by atomic mass is 10.0. The van der Waals surface area contributed by atoms with Crippen LogP contribution < -0.4 is 16.3 Å². The van der Waals surface area contributed by atoms with E-state index < -0.39 is 0 Å². The largest absolute Gasteiger partial charge is 0.346 e. The molecule has 4 rings (SSSR count). The second kappa shape index (κ2) is 9.49. The number of carbonyl (C=O) groups excluding carboxylic acids is 2. The van der Waals surface area contributed by atoms with Gasteiger partial charge in [-0.3, -0.25) is 19.1 Å². The van der Waals surface area contributed by atoms with Gasteiger partial charge in [-0.25, -0.2) is 4.79 Å². The Kier molecular flexibility index (Phi) is 6.53. The number of fused-ring (bicyclic) bond motifs is 1. The molecule has 9 heteroatoms. The number of nitrogens with zero attached hydrogens (tertiary/aromatic N) is 2. The third-order valence-electron chi connectivity index (χ3n) is 5.51. The highest BCUT2D eigenvalue weighted by molar-refractivity contribution is 9.10. The minimum absolute atomic E-state index is 0.0820. The van der Waals surface area contributed by atoms with E-state index in [2.05, 4.69) is 36.4 Å². The number of hydrogen-bond acceptors (Lipinski definition) is 4. The van der Waals surface area contributed by atoms with Gasteiger partial charge in [0.25, 0.3) is 0 Å². The topological polar surface area (TPSA) is 99.2 Å². The summed E-state index contributed by atoms with van der Waals surface area (Å²) in [5.41, 5.74) is 2.33. The molecule has 3 aromatic rings. The fourth-order valence-electron chi connectivity index (χ4n) is 3.97. The molecule has 0 aliphatic carbocycles. The van der Waals surface area contributed by atoms with Crippen LogP contribution in [-0.4, -0.2) is 52.4 Å². The van der Waals surface area contributed by atoms with Gasteiger partial charge >= 0.3 is 5.69 Å². The van der Waals surface area contributed by atoms with Crippen LogP contribution in [0.25, 0.3) is 11.0 Å². The number of aromatic nitrogens is 2. The zero-order valence-electron chi connectivity index (χ0n) is 16.9. The monoisotopic (exact) mass is 485 g/mol. The Morgan fingerprint density at radius 1 is 1.03 bits per heavy atom. The standard InChI is InChI=1S/C22H24BrN5O3/c23-16-5-1-2-6-17(16)25-20(29)13-24-21(30)14-27-11-9-15(10-12-27)28-19-8-4-3-7-18(19)26-22(28)31/h1-8,15H,9-14H2,(H,24,30)(H,25,29)(H,26,31). The van der Waals surface area contributed by atoms with Crippen molar-refractivity contribution >= 4 is 44.5 Å². The van der Waals surface area contributed by atoms with Crippen LogP contribution in [0.3, 0.4) is 0 Å². The van der Waals surface area contributed by atoms with E-state index in [0.717, 1.165) is 28.3 Å². The number of carbonyl (C=O) groups is 2. The van der Waals surface area contributed by atoms with Crippen LogP contribution in [0.15, 0.2) is 57.8 Å². The molecule has 1 aliphatic heterocycles. The maximum Gasteiger partial charge on any atom is 0.326 e. The summed E-state index contributed by atoms with van der Waals surface area (Å²) < 4.78 is 2.62. The van der Waals surface area contributed by atoms with Crippen LogP contribution in [0.5, 0.6) is 0 Å². The van der Waals surface area contributed by atoms with Gasteiger partial charge in [-0.05, 0) is 53.0 Å². The van der Waals surface area contributed by atoms with E-state index in [9.17, 15) is 14.4 Å². The number of nitrogens with one attached hydrogen (secondary N) is 3. The molecule has 0 spiro atoms. The van der Waals surface area contributed by atoms with E-state index in [1.807, 2.05) is 47.0 Å². The number of hydrogen-bond donors (Lipinski definition) is 3. The average molecular weight is 486 g/mol. The minimum atomic E-state index is -0.280. The van der Waals surface area contributed by atoms with Gasteiger partial charge in [0.1, 0.15) is 0 Å². The highest BCUT2D eigenvalue weighted by Crippen LogP contribution is 2.24. The third-order valence-corrected chi connectivity index (χ3v) is 6.20. The SMILES string of the molecule is O=C(CN1CCC(n2c(=O)[nH]c3ccccc32)CC1)NCC(=O)Nc1ccccc1Br. The first-order chi connectivity index (χ1) is 15.0. The molecule has 0 saturated carbocycles. The number of H-pyrrole nitrogens is 1. The molecule has 2 aromatic carbocycles. The first-order valence-electron chi connectivity index (χ1n) is 10.2. The van der Waals surface area contributed by atoms with Crippen molar-refractivity contribution < 1.29 is 9.59 Å². The van der Waals surface area contributed by atoms with Gasteiger partial charge in [-0.2, -0.15) is 0 Å². The van der Waals surface area contributed by atoms with Crippen LogP contribution >= 0.6 is 15.9 Å². The van der Waals surface area contributed by atoms with Crippen LogP contribution in [0.4, 0.5) is 5.69 Å². The van der Waals surface area contributed by atoms with Gasteiger partial charge in [0.15, 0.2) is 0 Å². The summed E-state index contributed by atoms with van der Waals surface area (Å²) in [4.78, 5) is 41.7. The molecule has 1 fully saturated rings. The molecule has 31 heavy (non-hydrogen) atoms. The lowest BCUT2D eigenvalue weighted by molar-refractivity contribution is -0.125. The summed E-state index contributed by atoms with van der Waals surface area (Å²) in [7, 11) is 0. The summed E-state index contributed by atoms with van der Waals surface area (Å²) in [5.74, 6) is -0.470. The molecule has 0 radical (unpaired) electrons. The Morgan fingerprint density at radius 3 is 2.52 bits per heavy atom. The fourth-order valence-corrected chi connectivity index (χ4v) is 4.35. The molecule has 0 atom stereocenters. The summed E-state index contributed by atoms with van der Waals surface area (Å²) in [5, 5.41) is 5.43. The normalized spacial score (nSPS) is 15.1. The molecular weight excluding hydrogens is 462 g/mol. The molecule has 3 N–H and O–H groups in total. The number of piperidine rings is 1. The average Bonchev–Trinajstić information content (AvgIpc) is 3.10. The van der Waals surface area contributed by atoms with Crippen molar-refractivity contribution in [2.75, 3.05) is 31.5 Å². The summed E-state index contributed by atoms with van der Waals surface area (Å²) in [6.45, 7) is 1.58. The number of rotatable bonds is 6. The number of anilines is 1. The molecule has 162 valence electrons. The third kappa shape index (κ3) is 5.05. The van der Waals surface area contributed by atoms with Crippen molar-refractivity contribution in [3.63, 3.8) is 0 Å². The fraction of sp³-hybridized carbons (Fsp3) is 0.318. The highest BCUT2D eigenvalue weighted by atomic mass is 79.9. The van der Waals surface area contributed by atoms with E-state index in [-0.39, 0.29) is 36.6 Å². The van der Waals surface area contributed by atoms with Crippen molar-refractivity contribution in [1.82, 2.24) is 19.8 Å². The van der Waals surface area contributed by atoms with Crippen molar-refractivity contribution in [2.24, 2.45) is 0 Å². The Labute approximate surface area is 187 Å². The molecule has 1 aliphatic rings. The first-order valence-corrected chi connectivity index (χ1v) is 11.0. The van der Waals surface area contributed by atoms with Crippen molar-refractivity contribution in [1.29, 1.82) is 0 Å². The van der Waals surface area contributed by atoms with Crippen LogP contribution in [-0.2, 0) is 9.59 Å². The van der Waals surface area contributed by atoms with Gasteiger partial charge in [0, 0.05) is 23.6 Å². The zero-order chi connectivity index (χ0) is 21.8. The predicted molar refractivity (Wildman–Crippen MR) is 123 cm³/mol. The number of benzene rings is 2. The molecule has 0 bridgehead atoms. The minimum Gasteiger partial charge on any atom is -0.346 e. The summed E-state index contributed by atoms with van der Waals surface area (Å²) in [6.07, 6.45) is 1.58. The lowest BCUT2D eigenvalue weighted by Gasteiger charge is -2.32. The van der Waals surface area contributed by atoms with Crippen molar-refractivity contribution in [3.8, 4) is 0 Å². The number of imidazole rings is 1. The number of likely N-dealkylation sites (tertiary alicyclic amines) is 1. The number of halogens is 1. The Bertz CT molecular complexity index is 1150. The van der Waals surface area contributed by atoms with Crippen molar-refractivity contribution in [2.45, 2.75) is 18.9 Å². The molecule has 2 amide bonds. The quantitative estimate of drug-likeness (QED) is 0.499. The predicted octanol–water partition coefficient (Wildman–Crippen LogP) is 2.48. The van der Waals surface area contributed by atoms with Gasteiger partial charge in [-0.1, -0.05) is 24.3 Å². The Balaban J connectivity index is 1.25. The maximum absolute atomic E-state index is 12.4. The zero-order valence-corrected chi connectivity index (χ0v) is 18.5. The van der Waals surface area contributed by atoms with E-state index in [1.165, 1.54) is 0 Å². The lowest BCUT2D eigenvalue weighted by Crippen LogP contribution is -2.44. The summed E-state index contributed by atoms with van der Waals surface area (Å²) in [6, 6.07) is 15.1. The number of aromatic amines is 1. The molecule has 1 saturated heterocycles. The molecule has 8 nitrogen and oxygen atoms in total. The van der Waals surface area contributed by atoms with Gasteiger partial charge in [-0.15, -0.1) is 0 Å². The summed E-state index contributed by atoms with van der Waals surface area (Å²) >= 11 is 3.38. The maximum atomic E-state index is 12.4. The van der Waals surface area contributed by atoms with E-state index in [4.69, 9.17) is 0 Å². The smallest absolute Gasteiger partial charge is 0.326 e. The van der Waals surface area contributed by atoms with E-state index in [0.29, 0.717) is 18.8 Å². The van der Waals surface area contributed by atoms with E-state index in [1.54, 1.807) is 6.07 Å². The molecule has 2 heterocycles. The second-order valence-corrected chi connectivity index (χ2v) is 8.48. The van der Waals surface area contributed by atoms with E-state index >= 15 is 0 Å². The molecular formula is C22H24BrN5O3.